The number of hydrogen-bond acceptors (Lipinski definition) is 6. The Kier molecular flexibility index (Phi) is 4.47. The first-order valence-electron chi connectivity index (χ1n) is 9.13. The number of carbonyl (C=O) groups is 1. The van der Waals surface area contributed by atoms with Gasteiger partial charge in [0, 0.05) is 62.9 Å². The molecule has 0 aliphatic carbocycles. The zero-order valence-corrected chi connectivity index (χ0v) is 14.6. The van der Waals surface area contributed by atoms with Crippen LogP contribution in [-0.2, 0) is 15.9 Å². The fraction of sp³-hybridized carbons (Fsp3) is 0.722. The third kappa shape index (κ3) is 2.84. The number of aromatic nitrogens is 2. The Labute approximate surface area is 147 Å². The molecule has 7 nitrogen and oxygen atoms in total. The highest BCUT2D eigenvalue weighted by molar-refractivity contribution is 5.94. The molecule has 1 N–H and O–H groups in total. The predicted octanol–water partition coefficient (Wildman–Crippen LogP) is 0.667. The lowest BCUT2D eigenvalue weighted by atomic mass is 9.66. The van der Waals surface area contributed by atoms with Crippen molar-refractivity contribution < 1.29 is 19.4 Å². The summed E-state index contributed by atoms with van der Waals surface area (Å²) in [5, 5.41) is 11.3. The quantitative estimate of drug-likeness (QED) is 0.846. The van der Waals surface area contributed by atoms with E-state index in [0.29, 0.717) is 45.0 Å². The molecule has 0 aromatic carbocycles. The highest BCUT2D eigenvalue weighted by atomic mass is 16.5. The van der Waals surface area contributed by atoms with E-state index in [2.05, 4.69) is 9.97 Å². The first-order chi connectivity index (χ1) is 12.1. The molecule has 136 valence electrons. The molecule has 0 radical (unpaired) electrons. The minimum Gasteiger partial charge on any atom is -0.389 e. The van der Waals surface area contributed by atoms with E-state index >= 15 is 0 Å². The molecular weight excluding hydrogens is 322 g/mol. The standard InChI is InChI=1S/C18H25N3O4/c1-2-16-19-7-12(8-20-16)17(22)21-9-13-10-25-6-4-18(13,23)14-11-24-5-3-15(14)21/h7-8,13-15,23H,2-6,9-11H2,1H3/t13-,14+,15-,18-/m0/s1. The number of fused-ring (bicyclic) bond motifs is 3. The third-order valence-electron chi connectivity index (χ3n) is 5.98. The van der Waals surface area contributed by atoms with E-state index in [1.165, 1.54) is 0 Å². The molecule has 4 rings (SSSR count). The number of rotatable bonds is 2. The summed E-state index contributed by atoms with van der Waals surface area (Å²) in [4.78, 5) is 23.5. The van der Waals surface area contributed by atoms with E-state index in [-0.39, 0.29) is 23.8 Å². The molecular formula is C18H25N3O4. The average molecular weight is 347 g/mol. The van der Waals surface area contributed by atoms with Crippen molar-refractivity contribution in [2.75, 3.05) is 33.0 Å². The lowest BCUT2D eigenvalue weighted by Gasteiger charge is -2.57. The van der Waals surface area contributed by atoms with Gasteiger partial charge < -0.3 is 19.5 Å². The van der Waals surface area contributed by atoms with Gasteiger partial charge in [-0.05, 0) is 6.42 Å². The second kappa shape index (κ2) is 6.63. The Morgan fingerprint density at radius 1 is 1.32 bits per heavy atom. The zero-order chi connectivity index (χ0) is 17.4. The van der Waals surface area contributed by atoms with Crippen molar-refractivity contribution in [2.24, 2.45) is 11.8 Å². The van der Waals surface area contributed by atoms with E-state index < -0.39 is 5.60 Å². The number of ether oxygens (including phenoxy) is 2. The minimum atomic E-state index is -0.803. The van der Waals surface area contributed by atoms with Crippen molar-refractivity contribution in [3.05, 3.63) is 23.8 Å². The van der Waals surface area contributed by atoms with Gasteiger partial charge in [-0.1, -0.05) is 6.92 Å². The summed E-state index contributed by atoms with van der Waals surface area (Å²) in [6.45, 7) is 4.65. The summed E-state index contributed by atoms with van der Waals surface area (Å²) in [6, 6.07) is -0.00792. The second-order valence-electron chi connectivity index (χ2n) is 7.25. The van der Waals surface area contributed by atoms with Crippen LogP contribution in [0.4, 0.5) is 0 Å². The largest absolute Gasteiger partial charge is 0.389 e. The van der Waals surface area contributed by atoms with Crippen molar-refractivity contribution >= 4 is 5.91 Å². The minimum absolute atomic E-state index is 0.00792. The molecule has 0 spiro atoms. The first kappa shape index (κ1) is 16.9. The van der Waals surface area contributed by atoms with Crippen LogP contribution in [-0.4, -0.2) is 70.5 Å². The lowest BCUT2D eigenvalue weighted by Crippen LogP contribution is -2.68. The topological polar surface area (TPSA) is 84.8 Å². The highest BCUT2D eigenvalue weighted by Gasteiger charge is 2.56. The van der Waals surface area contributed by atoms with Crippen LogP contribution in [0.3, 0.4) is 0 Å². The average Bonchev–Trinajstić information content (AvgIpc) is 2.67. The maximum Gasteiger partial charge on any atom is 0.257 e. The molecule has 3 aliphatic rings. The number of piperidine rings is 1. The molecule has 1 amide bonds. The zero-order valence-electron chi connectivity index (χ0n) is 14.6. The molecule has 3 saturated heterocycles. The number of aliphatic hydroxyl groups is 1. The normalized spacial score (nSPS) is 35.0. The Balaban J connectivity index is 1.62. The predicted molar refractivity (Wildman–Crippen MR) is 89.0 cm³/mol. The molecule has 0 unspecified atom stereocenters. The van der Waals surface area contributed by atoms with Gasteiger partial charge in [0.1, 0.15) is 5.82 Å². The highest BCUT2D eigenvalue weighted by Crippen LogP contribution is 2.44. The first-order valence-corrected chi connectivity index (χ1v) is 9.13. The van der Waals surface area contributed by atoms with Gasteiger partial charge in [-0.25, -0.2) is 9.97 Å². The van der Waals surface area contributed by atoms with Crippen molar-refractivity contribution in [2.45, 2.75) is 37.8 Å². The number of likely N-dealkylation sites (tertiary alicyclic amines) is 1. The summed E-state index contributed by atoms with van der Waals surface area (Å²) in [6.07, 6.45) is 5.33. The maximum atomic E-state index is 13.1. The van der Waals surface area contributed by atoms with E-state index in [0.717, 1.165) is 18.7 Å². The Hall–Kier alpha value is -1.57. The molecule has 4 heterocycles. The Morgan fingerprint density at radius 2 is 2.08 bits per heavy atom. The van der Waals surface area contributed by atoms with Crippen LogP contribution in [0.2, 0.25) is 0 Å². The van der Waals surface area contributed by atoms with Crippen LogP contribution in [0.25, 0.3) is 0 Å². The lowest BCUT2D eigenvalue weighted by molar-refractivity contribution is -0.212. The third-order valence-corrected chi connectivity index (χ3v) is 5.98. The summed E-state index contributed by atoms with van der Waals surface area (Å²) in [5.41, 5.74) is -0.299. The number of hydrogen-bond donors (Lipinski definition) is 1. The van der Waals surface area contributed by atoms with Crippen LogP contribution in [0.5, 0.6) is 0 Å². The van der Waals surface area contributed by atoms with E-state index in [1.807, 2.05) is 11.8 Å². The van der Waals surface area contributed by atoms with Gasteiger partial charge in [-0.2, -0.15) is 0 Å². The van der Waals surface area contributed by atoms with Crippen LogP contribution >= 0.6 is 0 Å². The van der Waals surface area contributed by atoms with E-state index in [1.54, 1.807) is 12.4 Å². The molecule has 4 atom stereocenters. The molecule has 3 fully saturated rings. The fourth-order valence-electron chi connectivity index (χ4n) is 4.51. The molecule has 0 bridgehead atoms. The number of nitrogens with zero attached hydrogens (tertiary/aromatic N) is 3. The molecule has 0 saturated carbocycles. The fourth-order valence-corrected chi connectivity index (χ4v) is 4.51. The Morgan fingerprint density at radius 3 is 2.84 bits per heavy atom. The van der Waals surface area contributed by atoms with Gasteiger partial charge >= 0.3 is 0 Å². The van der Waals surface area contributed by atoms with Crippen molar-refractivity contribution in [1.82, 2.24) is 14.9 Å². The molecule has 1 aromatic heterocycles. The van der Waals surface area contributed by atoms with E-state index in [4.69, 9.17) is 9.47 Å². The van der Waals surface area contributed by atoms with Crippen molar-refractivity contribution in [1.29, 1.82) is 0 Å². The monoisotopic (exact) mass is 347 g/mol. The molecule has 25 heavy (non-hydrogen) atoms. The van der Waals surface area contributed by atoms with Gasteiger partial charge in [0.25, 0.3) is 5.91 Å². The molecule has 1 aromatic rings. The van der Waals surface area contributed by atoms with Crippen LogP contribution in [0.15, 0.2) is 12.4 Å². The van der Waals surface area contributed by atoms with E-state index in [9.17, 15) is 9.90 Å². The van der Waals surface area contributed by atoms with Crippen LogP contribution < -0.4 is 0 Å². The summed E-state index contributed by atoms with van der Waals surface area (Å²) >= 11 is 0. The van der Waals surface area contributed by atoms with Crippen LogP contribution in [0, 0.1) is 11.8 Å². The molecule has 7 heteroatoms. The van der Waals surface area contributed by atoms with Gasteiger partial charge in [0.15, 0.2) is 0 Å². The van der Waals surface area contributed by atoms with Crippen LogP contribution in [0.1, 0.15) is 35.9 Å². The second-order valence-corrected chi connectivity index (χ2v) is 7.25. The maximum absolute atomic E-state index is 13.1. The number of carbonyl (C=O) groups excluding carboxylic acids is 1. The summed E-state index contributed by atoms with van der Waals surface area (Å²) < 4.78 is 11.2. The smallest absolute Gasteiger partial charge is 0.257 e. The van der Waals surface area contributed by atoms with Crippen molar-refractivity contribution in [3.8, 4) is 0 Å². The SMILES string of the molecule is CCc1ncc(C(=O)N2C[C@H]3COCC[C@@]3(O)[C@@H]3COCC[C@@H]32)cn1. The van der Waals surface area contributed by atoms with Gasteiger partial charge in [-0.15, -0.1) is 0 Å². The number of aryl methyl sites for hydroxylation is 1. The van der Waals surface area contributed by atoms with Crippen molar-refractivity contribution in [3.63, 3.8) is 0 Å². The molecule has 3 aliphatic heterocycles. The van der Waals surface area contributed by atoms with Gasteiger partial charge in [0.2, 0.25) is 0 Å². The Bertz CT molecular complexity index is 638. The summed E-state index contributed by atoms with van der Waals surface area (Å²) in [7, 11) is 0. The van der Waals surface area contributed by atoms with Gasteiger partial charge in [-0.3, -0.25) is 4.79 Å². The number of amides is 1. The summed E-state index contributed by atoms with van der Waals surface area (Å²) in [5.74, 6) is 0.522. The van der Waals surface area contributed by atoms with Gasteiger partial charge in [0.05, 0.1) is 24.4 Å².